The van der Waals surface area contributed by atoms with Crippen LogP contribution in [-0.4, -0.2) is 36.0 Å². The van der Waals surface area contributed by atoms with Crippen molar-refractivity contribution < 1.29 is 14.3 Å². The van der Waals surface area contributed by atoms with Crippen molar-refractivity contribution in [1.82, 2.24) is 4.90 Å². The summed E-state index contributed by atoms with van der Waals surface area (Å²) in [6.45, 7) is 7.19. The molecule has 0 aromatic heterocycles. The fourth-order valence-corrected chi connectivity index (χ4v) is 2.79. The molecule has 0 aromatic carbocycles. The van der Waals surface area contributed by atoms with Crippen LogP contribution in [0.3, 0.4) is 0 Å². The van der Waals surface area contributed by atoms with Crippen LogP contribution < -0.4 is 0 Å². The van der Waals surface area contributed by atoms with Gasteiger partial charge in [0.25, 0.3) is 0 Å². The van der Waals surface area contributed by atoms with Crippen LogP contribution in [0.1, 0.15) is 40.0 Å². The average Bonchev–Trinajstić information content (AvgIpc) is 3.06. The second-order valence-corrected chi connectivity index (χ2v) is 6.53. The molecule has 1 aliphatic carbocycles. The van der Waals surface area contributed by atoms with E-state index in [0.717, 1.165) is 38.6 Å². The summed E-state index contributed by atoms with van der Waals surface area (Å²) in [4.78, 5) is 24.5. The normalized spacial score (nSPS) is 31.9. The number of nitrogens with zero attached hydrogens (tertiary/aromatic N) is 1. The first-order valence-corrected chi connectivity index (χ1v) is 6.84. The predicted molar refractivity (Wildman–Crippen MR) is 68.2 cm³/mol. The molecule has 3 atom stereocenters. The van der Waals surface area contributed by atoms with Crippen LogP contribution in [0.4, 0.5) is 4.79 Å². The molecular weight excluding hydrogens is 230 g/mol. The Kier molecular flexibility index (Phi) is 3.64. The molecule has 1 aliphatic heterocycles. The van der Waals surface area contributed by atoms with Gasteiger partial charge in [-0.2, -0.15) is 0 Å². The van der Waals surface area contributed by atoms with E-state index in [1.807, 2.05) is 20.8 Å². The van der Waals surface area contributed by atoms with Crippen LogP contribution in [0.2, 0.25) is 0 Å². The summed E-state index contributed by atoms with van der Waals surface area (Å²) < 4.78 is 5.40. The summed E-state index contributed by atoms with van der Waals surface area (Å²) in [5.41, 5.74) is -0.436. The molecule has 0 bridgehead atoms. The number of piperidine rings is 1. The van der Waals surface area contributed by atoms with Crippen molar-refractivity contribution in [3.63, 3.8) is 0 Å². The molecule has 1 amide bonds. The summed E-state index contributed by atoms with van der Waals surface area (Å²) in [7, 11) is 0. The van der Waals surface area contributed by atoms with Crippen molar-refractivity contribution >= 4 is 12.4 Å². The molecule has 18 heavy (non-hydrogen) atoms. The first-order valence-electron chi connectivity index (χ1n) is 6.84. The Labute approximate surface area is 109 Å². The summed E-state index contributed by atoms with van der Waals surface area (Å²) in [5.74, 6) is 1.24. The Morgan fingerprint density at radius 3 is 2.67 bits per heavy atom. The standard InChI is InChI=1S/C14H23NO3/c1-14(2,3)18-13(17)15-6-4-5-10(8-15)12-7-11(12)9-16/h9-12H,4-8H2,1-3H3/t10-,11+,12+/m0/s1. The van der Waals surface area contributed by atoms with E-state index in [9.17, 15) is 9.59 Å². The molecule has 0 radical (unpaired) electrons. The molecule has 2 fully saturated rings. The van der Waals surface area contributed by atoms with Crippen molar-refractivity contribution in [2.24, 2.45) is 17.8 Å². The predicted octanol–water partition coefficient (Wildman–Crippen LogP) is 2.47. The number of amides is 1. The van der Waals surface area contributed by atoms with Gasteiger partial charge in [-0.25, -0.2) is 4.79 Å². The van der Waals surface area contributed by atoms with Gasteiger partial charge < -0.3 is 14.4 Å². The lowest BCUT2D eigenvalue weighted by molar-refractivity contribution is -0.109. The van der Waals surface area contributed by atoms with Gasteiger partial charge in [0.05, 0.1) is 0 Å². The van der Waals surface area contributed by atoms with Crippen molar-refractivity contribution in [3.05, 3.63) is 0 Å². The first-order chi connectivity index (χ1) is 8.40. The second kappa shape index (κ2) is 4.90. The van der Waals surface area contributed by atoms with E-state index >= 15 is 0 Å². The van der Waals surface area contributed by atoms with E-state index in [1.165, 1.54) is 0 Å². The van der Waals surface area contributed by atoms with E-state index in [1.54, 1.807) is 4.90 Å². The largest absolute Gasteiger partial charge is 0.444 e. The highest BCUT2D eigenvalue weighted by atomic mass is 16.6. The van der Waals surface area contributed by atoms with Crippen LogP contribution in [0.25, 0.3) is 0 Å². The number of rotatable bonds is 2. The van der Waals surface area contributed by atoms with Gasteiger partial charge in [-0.3, -0.25) is 0 Å². The third-order valence-corrected chi connectivity index (χ3v) is 3.78. The highest BCUT2D eigenvalue weighted by Crippen LogP contribution is 2.45. The molecule has 4 nitrogen and oxygen atoms in total. The van der Waals surface area contributed by atoms with Crippen molar-refractivity contribution in [1.29, 1.82) is 0 Å². The molecule has 2 aliphatic rings. The Morgan fingerprint density at radius 1 is 1.39 bits per heavy atom. The van der Waals surface area contributed by atoms with E-state index < -0.39 is 5.60 Å². The molecule has 0 unspecified atom stereocenters. The topological polar surface area (TPSA) is 46.6 Å². The van der Waals surface area contributed by atoms with Gasteiger partial charge in [-0.05, 0) is 51.9 Å². The number of hydrogen-bond donors (Lipinski definition) is 0. The quantitative estimate of drug-likeness (QED) is 0.710. The maximum atomic E-state index is 12.0. The fourth-order valence-electron chi connectivity index (χ4n) is 2.79. The molecule has 1 saturated carbocycles. The third-order valence-electron chi connectivity index (χ3n) is 3.78. The monoisotopic (exact) mass is 253 g/mol. The number of carbonyl (C=O) groups is 2. The van der Waals surface area contributed by atoms with Crippen LogP contribution in [0.15, 0.2) is 0 Å². The highest BCUT2D eigenvalue weighted by Gasteiger charge is 2.44. The summed E-state index contributed by atoms with van der Waals surface area (Å²) in [6, 6.07) is 0. The number of likely N-dealkylation sites (tertiary alicyclic amines) is 1. The van der Waals surface area contributed by atoms with Gasteiger partial charge in [0.2, 0.25) is 0 Å². The molecule has 0 N–H and O–H groups in total. The van der Waals surface area contributed by atoms with Gasteiger partial charge in [-0.1, -0.05) is 0 Å². The van der Waals surface area contributed by atoms with Gasteiger partial charge in [0.15, 0.2) is 0 Å². The van der Waals surface area contributed by atoms with Crippen LogP contribution in [-0.2, 0) is 9.53 Å². The Morgan fingerprint density at radius 2 is 2.11 bits per heavy atom. The lowest BCUT2D eigenvalue weighted by Gasteiger charge is -2.34. The number of hydrogen-bond acceptors (Lipinski definition) is 3. The van der Waals surface area contributed by atoms with Gasteiger partial charge in [0.1, 0.15) is 11.9 Å². The minimum absolute atomic E-state index is 0.212. The summed E-state index contributed by atoms with van der Waals surface area (Å²) in [6.07, 6.45) is 4.02. The Balaban J connectivity index is 1.87. The van der Waals surface area contributed by atoms with Crippen LogP contribution in [0, 0.1) is 17.8 Å². The molecular formula is C14H23NO3. The molecule has 102 valence electrons. The first kappa shape index (κ1) is 13.4. The molecule has 1 saturated heterocycles. The van der Waals surface area contributed by atoms with Crippen molar-refractivity contribution in [3.8, 4) is 0 Å². The zero-order valence-corrected chi connectivity index (χ0v) is 11.5. The van der Waals surface area contributed by atoms with E-state index in [0.29, 0.717) is 11.8 Å². The van der Waals surface area contributed by atoms with E-state index in [2.05, 4.69) is 0 Å². The minimum atomic E-state index is -0.436. The smallest absolute Gasteiger partial charge is 0.410 e. The summed E-state index contributed by atoms with van der Waals surface area (Å²) in [5, 5.41) is 0. The average molecular weight is 253 g/mol. The number of carbonyl (C=O) groups excluding carboxylic acids is 2. The molecule has 2 rings (SSSR count). The fraction of sp³-hybridized carbons (Fsp3) is 0.857. The molecule has 0 spiro atoms. The zero-order valence-electron chi connectivity index (χ0n) is 11.5. The van der Waals surface area contributed by atoms with Gasteiger partial charge >= 0.3 is 6.09 Å². The third kappa shape index (κ3) is 3.24. The van der Waals surface area contributed by atoms with Crippen molar-refractivity contribution in [2.75, 3.05) is 13.1 Å². The number of aldehydes is 1. The minimum Gasteiger partial charge on any atom is -0.444 e. The SMILES string of the molecule is CC(C)(C)OC(=O)N1CCC[C@H]([C@H]2C[C@@H]2C=O)C1. The van der Waals surface area contributed by atoms with E-state index in [4.69, 9.17) is 4.74 Å². The Bertz CT molecular complexity index is 334. The second-order valence-electron chi connectivity index (χ2n) is 6.53. The molecule has 4 heteroatoms. The maximum absolute atomic E-state index is 12.0. The van der Waals surface area contributed by atoms with Gasteiger partial charge in [-0.15, -0.1) is 0 Å². The lowest BCUT2D eigenvalue weighted by atomic mass is 9.92. The van der Waals surface area contributed by atoms with Crippen LogP contribution >= 0.6 is 0 Å². The van der Waals surface area contributed by atoms with E-state index in [-0.39, 0.29) is 12.0 Å². The van der Waals surface area contributed by atoms with Crippen molar-refractivity contribution in [2.45, 2.75) is 45.6 Å². The summed E-state index contributed by atoms with van der Waals surface area (Å²) >= 11 is 0. The molecule has 0 aromatic rings. The van der Waals surface area contributed by atoms with Crippen LogP contribution in [0.5, 0.6) is 0 Å². The number of ether oxygens (including phenoxy) is 1. The highest BCUT2D eigenvalue weighted by molar-refractivity contribution is 5.68. The maximum Gasteiger partial charge on any atom is 0.410 e. The zero-order chi connectivity index (χ0) is 13.3. The van der Waals surface area contributed by atoms with Gasteiger partial charge in [0, 0.05) is 19.0 Å². The lowest BCUT2D eigenvalue weighted by Crippen LogP contribution is -2.43. The Hall–Kier alpha value is -1.06. The molecule has 1 heterocycles.